The van der Waals surface area contributed by atoms with Gasteiger partial charge >= 0.3 is 0 Å². The van der Waals surface area contributed by atoms with E-state index < -0.39 is 28.8 Å². The van der Waals surface area contributed by atoms with Crippen LogP contribution in [0, 0.1) is 23.3 Å². The van der Waals surface area contributed by atoms with E-state index in [-0.39, 0.29) is 16.9 Å². The second-order valence-electron chi connectivity index (χ2n) is 5.93. The fourth-order valence-corrected chi connectivity index (χ4v) is 2.92. The average molecular weight is 384 g/mol. The molecule has 0 unspecified atom stereocenters. The molecule has 0 amide bonds. The third kappa shape index (κ3) is 2.83. The topological polar surface area (TPSA) is 50.7 Å². The monoisotopic (exact) mass is 384 g/mol. The number of hydrogen-bond donors (Lipinski definition) is 1. The molecule has 0 saturated heterocycles. The molecule has 0 aliphatic heterocycles. The van der Waals surface area contributed by atoms with Gasteiger partial charge in [0, 0.05) is 41.5 Å². The number of anilines is 1. The molecule has 0 aliphatic rings. The van der Waals surface area contributed by atoms with Gasteiger partial charge in [0.1, 0.15) is 11.3 Å². The number of rotatable bonds is 3. The Kier molecular flexibility index (Phi) is 4.38. The molecule has 0 atom stereocenters. The van der Waals surface area contributed by atoms with E-state index >= 15 is 4.39 Å². The normalized spacial score (nSPS) is 11.0. The summed E-state index contributed by atoms with van der Waals surface area (Å²) < 4.78 is 56.3. The molecular weight excluding hydrogens is 372 g/mol. The molecule has 4 aromatic rings. The lowest BCUT2D eigenvalue weighted by molar-refractivity contribution is 0.448. The van der Waals surface area contributed by atoms with Gasteiger partial charge in [-0.15, -0.1) is 0 Å². The summed E-state index contributed by atoms with van der Waals surface area (Å²) in [6.45, 7) is 0. The summed E-state index contributed by atoms with van der Waals surface area (Å²) in [4.78, 5) is 12.6. The van der Waals surface area contributed by atoms with Crippen molar-refractivity contribution in [1.29, 1.82) is 0 Å². The summed E-state index contributed by atoms with van der Waals surface area (Å²) in [5.41, 5.74) is -0.155. The minimum Gasteiger partial charge on any atom is -0.373 e. The Morgan fingerprint density at radius 1 is 0.821 bits per heavy atom. The predicted molar refractivity (Wildman–Crippen MR) is 97.6 cm³/mol. The smallest absolute Gasteiger partial charge is 0.195 e. The van der Waals surface area contributed by atoms with Gasteiger partial charge in [0.25, 0.3) is 0 Å². The van der Waals surface area contributed by atoms with Gasteiger partial charge in [-0.05, 0) is 30.3 Å². The van der Waals surface area contributed by atoms with E-state index in [1.807, 2.05) is 0 Å². The molecular formula is C20H12F4N4. The van der Waals surface area contributed by atoms with Crippen LogP contribution in [0.15, 0.2) is 48.8 Å². The first-order chi connectivity index (χ1) is 13.5. The highest BCUT2D eigenvalue weighted by atomic mass is 19.2. The van der Waals surface area contributed by atoms with Crippen LogP contribution in [0.2, 0.25) is 0 Å². The second-order valence-corrected chi connectivity index (χ2v) is 5.93. The van der Waals surface area contributed by atoms with E-state index in [0.717, 1.165) is 12.1 Å². The second kappa shape index (κ2) is 6.88. The molecule has 2 aromatic heterocycles. The van der Waals surface area contributed by atoms with Crippen LogP contribution >= 0.6 is 0 Å². The van der Waals surface area contributed by atoms with Crippen molar-refractivity contribution in [1.82, 2.24) is 15.0 Å². The maximum Gasteiger partial charge on any atom is 0.195 e. The third-order valence-corrected chi connectivity index (χ3v) is 4.29. The Labute approximate surface area is 156 Å². The Hall–Kier alpha value is -3.55. The maximum absolute atomic E-state index is 15.3. The van der Waals surface area contributed by atoms with Crippen LogP contribution in [-0.4, -0.2) is 22.0 Å². The number of pyridine rings is 1. The Bertz CT molecular complexity index is 1200. The average Bonchev–Trinajstić information content (AvgIpc) is 2.73. The van der Waals surface area contributed by atoms with Crippen molar-refractivity contribution in [2.45, 2.75) is 0 Å². The molecule has 2 aromatic carbocycles. The zero-order valence-corrected chi connectivity index (χ0v) is 14.5. The number of hydrogen-bond acceptors (Lipinski definition) is 4. The molecule has 8 heteroatoms. The number of fused-ring (bicyclic) bond motifs is 1. The van der Waals surface area contributed by atoms with E-state index in [2.05, 4.69) is 20.3 Å². The molecule has 0 fully saturated rings. The SMILES string of the molecule is CNc1nc(-c2cccnc2)nc2c(F)c(-c3ccc(F)c(F)c3F)ccc12. The standard InChI is InChI=1S/C20H12F4N4/c1-25-20-13-5-4-12(11-6-7-14(21)17(24)15(11)22)16(23)18(13)27-19(28-20)10-3-2-8-26-9-10/h2-9H,1H3,(H,25,27,28). The van der Waals surface area contributed by atoms with Crippen molar-refractivity contribution in [3.63, 3.8) is 0 Å². The Balaban J connectivity index is 2.00. The number of nitrogens with one attached hydrogen (secondary N) is 1. The van der Waals surface area contributed by atoms with Crippen LogP contribution in [0.4, 0.5) is 23.4 Å². The molecule has 140 valence electrons. The highest BCUT2D eigenvalue weighted by Crippen LogP contribution is 2.34. The first-order valence-electron chi connectivity index (χ1n) is 8.23. The van der Waals surface area contributed by atoms with Crippen molar-refractivity contribution in [3.05, 3.63) is 72.1 Å². The van der Waals surface area contributed by atoms with Gasteiger partial charge in [-0.2, -0.15) is 0 Å². The maximum atomic E-state index is 15.3. The minimum absolute atomic E-state index is 0.0835. The molecule has 0 spiro atoms. The van der Waals surface area contributed by atoms with Gasteiger partial charge in [0.15, 0.2) is 29.1 Å². The first-order valence-corrected chi connectivity index (χ1v) is 8.23. The summed E-state index contributed by atoms with van der Waals surface area (Å²) in [5, 5.41) is 3.23. The van der Waals surface area contributed by atoms with Gasteiger partial charge in [0.05, 0.1) is 0 Å². The summed E-state index contributed by atoms with van der Waals surface area (Å²) in [5.74, 6) is -4.76. The highest BCUT2D eigenvalue weighted by Gasteiger charge is 2.21. The largest absolute Gasteiger partial charge is 0.373 e. The summed E-state index contributed by atoms with van der Waals surface area (Å²) >= 11 is 0. The number of aromatic nitrogens is 3. The zero-order chi connectivity index (χ0) is 19.8. The minimum atomic E-state index is -1.66. The van der Waals surface area contributed by atoms with Gasteiger partial charge in [-0.1, -0.05) is 6.07 Å². The fraction of sp³-hybridized carbons (Fsp3) is 0.0500. The lowest BCUT2D eigenvalue weighted by atomic mass is 10.0. The van der Waals surface area contributed by atoms with Crippen LogP contribution < -0.4 is 5.32 Å². The van der Waals surface area contributed by atoms with Crippen LogP contribution in [0.1, 0.15) is 0 Å². The molecule has 0 saturated carbocycles. The lowest BCUT2D eigenvalue weighted by Gasteiger charge is -2.12. The quantitative estimate of drug-likeness (QED) is 0.401. The summed E-state index contributed by atoms with van der Waals surface area (Å²) in [6, 6.07) is 7.90. The van der Waals surface area contributed by atoms with Gasteiger partial charge < -0.3 is 5.32 Å². The molecule has 4 nitrogen and oxygen atoms in total. The van der Waals surface area contributed by atoms with Crippen LogP contribution in [0.3, 0.4) is 0 Å². The summed E-state index contributed by atoms with van der Waals surface area (Å²) in [7, 11) is 1.62. The van der Waals surface area contributed by atoms with E-state index in [4.69, 9.17) is 0 Å². The molecule has 1 N–H and O–H groups in total. The van der Waals surface area contributed by atoms with Crippen LogP contribution in [-0.2, 0) is 0 Å². The van der Waals surface area contributed by atoms with Crippen molar-refractivity contribution in [2.75, 3.05) is 12.4 Å². The highest BCUT2D eigenvalue weighted by molar-refractivity contribution is 5.94. The van der Waals surface area contributed by atoms with E-state index in [1.165, 1.54) is 18.3 Å². The molecule has 28 heavy (non-hydrogen) atoms. The number of nitrogens with zero attached hydrogens (tertiary/aromatic N) is 3. The Morgan fingerprint density at radius 2 is 1.57 bits per heavy atom. The summed E-state index contributed by atoms with van der Waals surface area (Å²) in [6.07, 6.45) is 3.10. The van der Waals surface area contributed by atoms with Crippen molar-refractivity contribution < 1.29 is 17.6 Å². The molecule has 0 bridgehead atoms. The van der Waals surface area contributed by atoms with Gasteiger partial charge in [0.2, 0.25) is 0 Å². The molecule has 0 radical (unpaired) electrons. The van der Waals surface area contributed by atoms with Crippen LogP contribution in [0.25, 0.3) is 33.4 Å². The fourth-order valence-electron chi connectivity index (χ4n) is 2.92. The van der Waals surface area contributed by atoms with Gasteiger partial charge in [-0.3, -0.25) is 4.98 Å². The van der Waals surface area contributed by atoms with Crippen molar-refractivity contribution in [3.8, 4) is 22.5 Å². The van der Waals surface area contributed by atoms with E-state index in [9.17, 15) is 13.2 Å². The Morgan fingerprint density at radius 3 is 2.29 bits per heavy atom. The predicted octanol–water partition coefficient (Wildman–Crippen LogP) is 4.96. The molecule has 0 aliphatic carbocycles. The van der Waals surface area contributed by atoms with Crippen molar-refractivity contribution >= 4 is 16.7 Å². The first kappa shape index (κ1) is 17.8. The molecule has 4 rings (SSSR count). The lowest BCUT2D eigenvalue weighted by Crippen LogP contribution is -2.02. The van der Waals surface area contributed by atoms with E-state index in [0.29, 0.717) is 16.8 Å². The molecule has 2 heterocycles. The van der Waals surface area contributed by atoms with Crippen molar-refractivity contribution in [2.24, 2.45) is 0 Å². The third-order valence-electron chi connectivity index (χ3n) is 4.29. The van der Waals surface area contributed by atoms with Gasteiger partial charge in [-0.25, -0.2) is 27.5 Å². The zero-order valence-electron chi connectivity index (χ0n) is 14.5. The number of halogens is 4. The van der Waals surface area contributed by atoms with Crippen LogP contribution in [0.5, 0.6) is 0 Å². The number of benzene rings is 2. The van der Waals surface area contributed by atoms with E-state index in [1.54, 1.807) is 25.4 Å².